The van der Waals surface area contributed by atoms with E-state index >= 15 is 0 Å². The van der Waals surface area contributed by atoms with Gasteiger partial charge in [-0.3, -0.25) is 0 Å². The third-order valence-electron chi connectivity index (χ3n) is 2.42. The smallest absolute Gasteiger partial charge is 0.112 e. The van der Waals surface area contributed by atoms with Gasteiger partial charge in [-0.25, -0.2) is 4.98 Å². The fourth-order valence-corrected chi connectivity index (χ4v) is 2.82. The van der Waals surface area contributed by atoms with Crippen LogP contribution in [-0.4, -0.2) is 4.98 Å². The summed E-state index contributed by atoms with van der Waals surface area (Å²) in [7, 11) is 0. The average Bonchev–Trinajstić information content (AvgIpc) is 2.83. The third-order valence-corrected chi connectivity index (χ3v) is 4.02. The lowest BCUT2D eigenvalue weighted by Gasteiger charge is -2.05. The van der Waals surface area contributed by atoms with E-state index in [2.05, 4.69) is 39.2 Å². The Morgan fingerprint density at radius 1 is 1.44 bits per heavy atom. The van der Waals surface area contributed by atoms with Gasteiger partial charge in [0.2, 0.25) is 0 Å². The van der Waals surface area contributed by atoms with Crippen molar-refractivity contribution < 1.29 is 0 Å². The highest BCUT2D eigenvalue weighted by molar-refractivity contribution is 9.10. The molecule has 0 aliphatic rings. The molecule has 0 saturated heterocycles. The van der Waals surface area contributed by atoms with Crippen molar-refractivity contribution in [2.45, 2.75) is 19.9 Å². The highest BCUT2D eigenvalue weighted by Crippen LogP contribution is 2.21. The quantitative estimate of drug-likeness (QED) is 0.927. The molecule has 0 aliphatic heterocycles. The van der Waals surface area contributed by atoms with E-state index in [0.717, 1.165) is 21.6 Å². The maximum Gasteiger partial charge on any atom is 0.112 e. The number of hydrogen-bond acceptors (Lipinski definition) is 4. The number of hydrogen-bond donors (Lipinski definition) is 1. The van der Waals surface area contributed by atoms with Crippen LogP contribution in [0.5, 0.6) is 0 Å². The number of anilines is 1. The van der Waals surface area contributed by atoms with Gasteiger partial charge in [-0.05, 0) is 24.6 Å². The highest BCUT2D eigenvalue weighted by Gasteiger charge is 2.02. The number of nitrogens with one attached hydrogen (secondary N) is 1. The lowest BCUT2D eigenvalue weighted by Crippen LogP contribution is -1.99. The van der Waals surface area contributed by atoms with E-state index in [4.69, 9.17) is 5.26 Å². The first kappa shape index (κ1) is 13.1. The van der Waals surface area contributed by atoms with Crippen LogP contribution in [0, 0.1) is 11.3 Å². The zero-order valence-corrected chi connectivity index (χ0v) is 12.3. The number of aromatic nitrogens is 1. The van der Waals surface area contributed by atoms with Crippen molar-refractivity contribution in [2.75, 3.05) is 5.32 Å². The molecule has 1 N–H and O–H groups in total. The molecule has 0 aliphatic carbocycles. The van der Waals surface area contributed by atoms with Gasteiger partial charge in [0.25, 0.3) is 0 Å². The first-order valence-electron chi connectivity index (χ1n) is 5.59. The van der Waals surface area contributed by atoms with Crippen LogP contribution >= 0.6 is 27.3 Å². The van der Waals surface area contributed by atoms with Crippen molar-refractivity contribution in [1.82, 2.24) is 4.98 Å². The zero-order valence-electron chi connectivity index (χ0n) is 9.90. The highest BCUT2D eigenvalue weighted by atomic mass is 79.9. The molecule has 0 atom stereocenters. The van der Waals surface area contributed by atoms with Gasteiger partial charge in [0.1, 0.15) is 5.01 Å². The van der Waals surface area contributed by atoms with E-state index in [0.29, 0.717) is 12.1 Å². The van der Waals surface area contributed by atoms with E-state index in [1.807, 2.05) is 18.3 Å². The van der Waals surface area contributed by atoms with Crippen LogP contribution in [0.2, 0.25) is 0 Å². The standard InChI is InChI=1S/C13H12BrN3S/c1-2-12-7-17-13(18-12)8-16-11-4-9(6-15)3-10(14)5-11/h3-5,7,16H,2,8H2,1H3. The molecule has 0 amide bonds. The number of halogens is 1. The molecule has 0 unspecified atom stereocenters. The first-order valence-corrected chi connectivity index (χ1v) is 7.20. The Morgan fingerprint density at radius 3 is 2.94 bits per heavy atom. The summed E-state index contributed by atoms with van der Waals surface area (Å²) in [5.74, 6) is 0. The summed E-state index contributed by atoms with van der Waals surface area (Å²) < 4.78 is 0.900. The van der Waals surface area contributed by atoms with Crippen LogP contribution in [0.4, 0.5) is 5.69 Å². The normalized spacial score (nSPS) is 10.1. The predicted octanol–water partition coefficient (Wildman–Crippen LogP) is 3.95. The molecule has 5 heteroatoms. The van der Waals surface area contributed by atoms with Gasteiger partial charge in [0.05, 0.1) is 18.2 Å². The lowest BCUT2D eigenvalue weighted by atomic mass is 10.2. The number of nitriles is 1. The second kappa shape index (κ2) is 5.98. The van der Waals surface area contributed by atoms with Crippen LogP contribution in [0.25, 0.3) is 0 Å². The van der Waals surface area contributed by atoms with Crippen molar-refractivity contribution in [3.05, 3.63) is 44.3 Å². The average molecular weight is 322 g/mol. The maximum absolute atomic E-state index is 8.90. The molecule has 1 aromatic heterocycles. The molecule has 0 radical (unpaired) electrons. The van der Waals surface area contributed by atoms with Crippen molar-refractivity contribution in [3.8, 4) is 6.07 Å². The summed E-state index contributed by atoms with van der Waals surface area (Å²) in [5, 5.41) is 13.2. The van der Waals surface area contributed by atoms with Crippen LogP contribution < -0.4 is 5.32 Å². The fraction of sp³-hybridized carbons (Fsp3) is 0.231. The zero-order chi connectivity index (χ0) is 13.0. The predicted molar refractivity (Wildman–Crippen MR) is 77.7 cm³/mol. The molecule has 2 rings (SSSR count). The number of benzene rings is 1. The van der Waals surface area contributed by atoms with Crippen LogP contribution in [0.3, 0.4) is 0 Å². The molecule has 1 heterocycles. The molecule has 0 saturated carbocycles. The van der Waals surface area contributed by atoms with Gasteiger partial charge in [-0.15, -0.1) is 11.3 Å². The Labute approximate surface area is 119 Å². The summed E-state index contributed by atoms with van der Waals surface area (Å²) >= 11 is 5.11. The summed E-state index contributed by atoms with van der Waals surface area (Å²) in [5.41, 5.74) is 1.56. The van der Waals surface area contributed by atoms with Crippen LogP contribution in [0.15, 0.2) is 28.9 Å². The number of aryl methyl sites for hydroxylation is 1. The molecule has 1 aromatic carbocycles. The van der Waals surface area contributed by atoms with Crippen molar-refractivity contribution in [3.63, 3.8) is 0 Å². The Kier molecular flexibility index (Phi) is 4.34. The Hall–Kier alpha value is -1.38. The van der Waals surface area contributed by atoms with E-state index < -0.39 is 0 Å². The van der Waals surface area contributed by atoms with Gasteiger partial charge < -0.3 is 5.32 Å². The topological polar surface area (TPSA) is 48.7 Å². The molecular formula is C13H12BrN3S. The Balaban J connectivity index is 2.06. The van der Waals surface area contributed by atoms with Gasteiger partial charge >= 0.3 is 0 Å². The third kappa shape index (κ3) is 3.31. The Bertz CT molecular complexity index is 586. The van der Waals surface area contributed by atoms with Gasteiger partial charge in [0, 0.05) is 21.2 Å². The minimum atomic E-state index is 0.639. The summed E-state index contributed by atoms with van der Waals surface area (Å²) in [6.07, 6.45) is 2.94. The van der Waals surface area contributed by atoms with Crippen molar-refractivity contribution >= 4 is 33.0 Å². The maximum atomic E-state index is 8.90. The minimum Gasteiger partial charge on any atom is -0.378 e. The molecule has 0 bridgehead atoms. The molecule has 3 nitrogen and oxygen atoms in total. The van der Waals surface area contributed by atoms with Crippen LogP contribution in [0.1, 0.15) is 22.4 Å². The second-order valence-electron chi connectivity index (χ2n) is 3.77. The largest absolute Gasteiger partial charge is 0.378 e. The van der Waals surface area contributed by atoms with Gasteiger partial charge in [-0.2, -0.15) is 5.26 Å². The molecule has 18 heavy (non-hydrogen) atoms. The van der Waals surface area contributed by atoms with Gasteiger partial charge in [-0.1, -0.05) is 22.9 Å². The number of rotatable bonds is 4. The van der Waals surface area contributed by atoms with Crippen molar-refractivity contribution in [2.24, 2.45) is 0 Å². The van der Waals surface area contributed by atoms with Gasteiger partial charge in [0.15, 0.2) is 0 Å². The first-order chi connectivity index (χ1) is 8.71. The molecule has 92 valence electrons. The summed E-state index contributed by atoms with van der Waals surface area (Å²) in [6.45, 7) is 2.81. The molecular weight excluding hydrogens is 310 g/mol. The Morgan fingerprint density at radius 2 is 2.28 bits per heavy atom. The van der Waals surface area contributed by atoms with E-state index in [9.17, 15) is 0 Å². The summed E-state index contributed by atoms with van der Waals surface area (Å²) in [4.78, 5) is 5.64. The van der Waals surface area contributed by atoms with Crippen LogP contribution in [-0.2, 0) is 13.0 Å². The monoisotopic (exact) mass is 321 g/mol. The SMILES string of the molecule is CCc1cnc(CNc2cc(Br)cc(C#N)c2)s1. The number of thiazole rings is 1. The fourth-order valence-electron chi connectivity index (χ4n) is 1.53. The summed E-state index contributed by atoms with van der Waals surface area (Å²) in [6, 6.07) is 7.72. The molecule has 0 spiro atoms. The van der Waals surface area contributed by atoms with Crippen molar-refractivity contribution in [1.29, 1.82) is 5.26 Å². The van der Waals surface area contributed by atoms with E-state index in [1.54, 1.807) is 17.4 Å². The van der Waals surface area contributed by atoms with E-state index in [1.165, 1.54) is 4.88 Å². The molecule has 2 aromatic rings. The molecule has 0 fully saturated rings. The number of nitrogens with zero attached hydrogens (tertiary/aromatic N) is 2. The van der Waals surface area contributed by atoms with E-state index in [-0.39, 0.29) is 0 Å². The lowest BCUT2D eigenvalue weighted by molar-refractivity contribution is 1.09. The second-order valence-corrected chi connectivity index (χ2v) is 5.88. The minimum absolute atomic E-state index is 0.639.